The first-order valence-corrected chi connectivity index (χ1v) is 9.57. The van der Waals surface area contributed by atoms with Crippen LogP contribution in [0.5, 0.6) is 0 Å². The average Bonchev–Trinajstić information content (AvgIpc) is 2.62. The minimum atomic E-state index is -0.236. The minimum absolute atomic E-state index is 0.215. The molecular formula is C21H32O4. The molecule has 1 rings (SSSR count). The van der Waals surface area contributed by atoms with Crippen LogP contribution in [0.4, 0.5) is 0 Å². The Morgan fingerprint density at radius 1 is 0.760 bits per heavy atom. The number of aryl methyl sites for hydroxylation is 1. The highest BCUT2D eigenvalue weighted by molar-refractivity contribution is 5.72. The van der Waals surface area contributed by atoms with Crippen molar-refractivity contribution in [3.63, 3.8) is 0 Å². The summed E-state index contributed by atoms with van der Waals surface area (Å²) in [5.41, 5.74) is 1.25. The van der Waals surface area contributed by atoms with Crippen LogP contribution in [-0.4, -0.2) is 25.2 Å². The Morgan fingerprint density at radius 2 is 1.36 bits per heavy atom. The van der Waals surface area contributed by atoms with Crippen molar-refractivity contribution in [2.24, 2.45) is 0 Å². The van der Waals surface area contributed by atoms with Gasteiger partial charge in [0.25, 0.3) is 0 Å². The molecule has 0 aliphatic carbocycles. The first kappa shape index (κ1) is 21.2. The van der Waals surface area contributed by atoms with Crippen LogP contribution in [0.15, 0.2) is 30.3 Å². The summed E-state index contributed by atoms with van der Waals surface area (Å²) >= 11 is 0. The molecule has 1 aromatic rings. The van der Waals surface area contributed by atoms with Crippen LogP contribution >= 0.6 is 0 Å². The van der Waals surface area contributed by atoms with E-state index in [2.05, 4.69) is 19.1 Å². The molecule has 0 atom stereocenters. The highest BCUT2D eigenvalue weighted by atomic mass is 16.5. The molecule has 4 heteroatoms. The predicted octanol–water partition coefficient (Wildman–Crippen LogP) is 4.85. The van der Waals surface area contributed by atoms with Crippen molar-refractivity contribution in [1.82, 2.24) is 0 Å². The molecule has 140 valence electrons. The second kappa shape index (κ2) is 14.5. The van der Waals surface area contributed by atoms with Gasteiger partial charge in [-0.1, -0.05) is 62.9 Å². The van der Waals surface area contributed by atoms with Crippen LogP contribution in [0.3, 0.4) is 0 Å². The number of esters is 2. The molecular weight excluding hydrogens is 316 g/mol. The monoisotopic (exact) mass is 348 g/mol. The van der Waals surface area contributed by atoms with Gasteiger partial charge in [0, 0.05) is 12.8 Å². The molecule has 0 spiro atoms. The maximum Gasteiger partial charge on any atom is 0.305 e. The molecule has 0 saturated carbocycles. The van der Waals surface area contributed by atoms with E-state index in [9.17, 15) is 9.59 Å². The van der Waals surface area contributed by atoms with Gasteiger partial charge in [-0.05, 0) is 31.2 Å². The third-order valence-electron chi connectivity index (χ3n) is 3.99. The topological polar surface area (TPSA) is 52.6 Å². The Labute approximate surface area is 151 Å². The summed E-state index contributed by atoms with van der Waals surface area (Å²) in [5.74, 6) is -0.451. The molecule has 0 aromatic heterocycles. The molecule has 0 saturated heterocycles. The van der Waals surface area contributed by atoms with Crippen LogP contribution in [0, 0.1) is 0 Å². The lowest BCUT2D eigenvalue weighted by atomic mass is 10.1. The van der Waals surface area contributed by atoms with Crippen molar-refractivity contribution >= 4 is 11.9 Å². The zero-order chi connectivity index (χ0) is 18.2. The number of benzene rings is 1. The van der Waals surface area contributed by atoms with Gasteiger partial charge in [-0.2, -0.15) is 0 Å². The molecule has 0 unspecified atom stereocenters. The zero-order valence-electron chi connectivity index (χ0n) is 15.5. The van der Waals surface area contributed by atoms with Crippen LogP contribution in [0.25, 0.3) is 0 Å². The molecule has 0 amide bonds. The molecule has 25 heavy (non-hydrogen) atoms. The third kappa shape index (κ3) is 12.2. The predicted molar refractivity (Wildman–Crippen MR) is 99.3 cm³/mol. The fourth-order valence-electron chi connectivity index (χ4n) is 2.52. The molecule has 0 heterocycles. The Hall–Kier alpha value is -1.84. The quantitative estimate of drug-likeness (QED) is 0.356. The SMILES string of the molecule is CCCCCCCOC(=O)CCCC(=O)OCCCc1ccccc1. The van der Waals surface area contributed by atoms with Crippen LogP contribution in [-0.2, 0) is 25.5 Å². The average molecular weight is 348 g/mol. The molecule has 4 nitrogen and oxygen atoms in total. The Balaban J connectivity index is 1.93. The lowest BCUT2D eigenvalue weighted by Gasteiger charge is -2.06. The fourth-order valence-corrected chi connectivity index (χ4v) is 2.52. The number of hydrogen-bond donors (Lipinski definition) is 0. The molecule has 0 aliphatic heterocycles. The van der Waals surface area contributed by atoms with Gasteiger partial charge in [0.1, 0.15) is 0 Å². The normalized spacial score (nSPS) is 10.4. The second-order valence-corrected chi connectivity index (χ2v) is 6.30. The Morgan fingerprint density at radius 3 is 2.00 bits per heavy atom. The molecule has 0 fully saturated rings. The molecule has 0 aliphatic rings. The maximum atomic E-state index is 11.6. The van der Waals surface area contributed by atoms with Crippen molar-refractivity contribution in [3.05, 3.63) is 35.9 Å². The Kier molecular flexibility index (Phi) is 12.3. The van der Waals surface area contributed by atoms with Crippen LogP contribution in [0.2, 0.25) is 0 Å². The smallest absolute Gasteiger partial charge is 0.305 e. The summed E-state index contributed by atoms with van der Waals surface area (Å²) in [6.07, 6.45) is 8.45. The number of hydrogen-bond acceptors (Lipinski definition) is 4. The fraction of sp³-hybridized carbons (Fsp3) is 0.619. The third-order valence-corrected chi connectivity index (χ3v) is 3.99. The van der Waals surface area contributed by atoms with Crippen molar-refractivity contribution in [1.29, 1.82) is 0 Å². The van der Waals surface area contributed by atoms with Crippen molar-refractivity contribution in [2.45, 2.75) is 71.1 Å². The highest BCUT2D eigenvalue weighted by Gasteiger charge is 2.07. The molecule has 0 N–H and O–H groups in total. The van der Waals surface area contributed by atoms with Gasteiger partial charge in [0.05, 0.1) is 13.2 Å². The van der Waals surface area contributed by atoms with E-state index < -0.39 is 0 Å². The van der Waals surface area contributed by atoms with Crippen molar-refractivity contribution in [3.8, 4) is 0 Å². The lowest BCUT2D eigenvalue weighted by Crippen LogP contribution is -2.09. The van der Waals surface area contributed by atoms with Crippen molar-refractivity contribution in [2.75, 3.05) is 13.2 Å². The second-order valence-electron chi connectivity index (χ2n) is 6.30. The van der Waals surface area contributed by atoms with E-state index >= 15 is 0 Å². The van der Waals surface area contributed by atoms with E-state index in [4.69, 9.17) is 9.47 Å². The van der Waals surface area contributed by atoms with Crippen LogP contribution in [0.1, 0.15) is 70.3 Å². The van der Waals surface area contributed by atoms with Gasteiger partial charge in [-0.3, -0.25) is 9.59 Å². The summed E-state index contributed by atoms with van der Waals surface area (Å²) in [4.78, 5) is 23.2. The first-order valence-electron chi connectivity index (χ1n) is 9.57. The van der Waals surface area contributed by atoms with E-state index in [1.165, 1.54) is 24.8 Å². The van der Waals surface area contributed by atoms with Gasteiger partial charge < -0.3 is 9.47 Å². The number of unbranched alkanes of at least 4 members (excludes halogenated alkanes) is 4. The van der Waals surface area contributed by atoms with E-state index in [0.29, 0.717) is 19.6 Å². The van der Waals surface area contributed by atoms with Crippen LogP contribution < -0.4 is 0 Å². The number of carbonyl (C=O) groups is 2. The number of ether oxygens (including phenoxy) is 2. The first-order chi connectivity index (χ1) is 12.2. The minimum Gasteiger partial charge on any atom is -0.466 e. The van der Waals surface area contributed by atoms with E-state index in [0.717, 1.165) is 25.7 Å². The lowest BCUT2D eigenvalue weighted by molar-refractivity contribution is -0.145. The van der Waals surface area contributed by atoms with E-state index in [-0.39, 0.29) is 24.8 Å². The van der Waals surface area contributed by atoms with Gasteiger partial charge >= 0.3 is 11.9 Å². The standard InChI is InChI=1S/C21H32O4/c1-2-3-4-5-9-17-24-20(22)15-10-16-21(23)25-18-11-14-19-12-7-6-8-13-19/h6-8,12-13H,2-5,9-11,14-18H2,1H3. The summed E-state index contributed by atoms with van der Waals surface area (Å²) in [6.45, 7) is 3.09. The Bertz CT molecular complexity index is 470. The highest BCUT2D eigenvalue weighted by Crippen LogP contribution is 2.06. The van der Waals surface area contributed by atoms with Gasteiger partial charge in [0.2, 0.25) is 0 Å². The number of rotatable bonds is 14. The molecule has 0 radical (unpaired) electrons. The maximum absolute atomic E-state index is 11.6. The summed E-state index contributed by atoms with van der Waals surface area (Å²) in [7, 11) is 0. The summed E-state index contributed by atoms with van der Waals surface area (Å²) in [6, 6.07) is 10.1. The molecule has 0 bridgehead atoms. The van der Waals surface area contributed by atoms with E-state index in [1.807, 2.05) is 18.2 Å². The van der Waals surface area contributed by atoms with Gasteiger partial charge in [0.15, 0.2) is 0 Å². The largest absolute Gasteiger partial charge is 0.466 e. The van der Waals surface area contributed by atoms with Crippen molar-refractivity contribution < 1.29 is 19.1 Å². The van der Waals surface area contributed by atoms with E-state index in [1.54, 1.807) is 0 Å². The zero-order valence-corrected chi connectivity index (χ0v) is 15.5. The van der Waals surface area contributed by atoms with Gasteiger partial charge in [-0.25, -0.2) is 0 Å². The molecule has 1 aromatic carbocycles. The van der Waals surface area contributed by atoms with Gasteiger partial charge in [-0.15, -0.1) is 0 Å². The summed E-state index contributed by atoms with van der Waals surface area (Å²) < 4.78 is 10.4. The summed E-state index contributed by atoms with van der Waals surface area (Å²) in [5, 5.41) is 0. The number of carbonyl (C=O) groups excluding carboxylic acids is 2.